The van der Waals surface area contributed by atoms with Gasteiger partial charge in [0.15, 0.2) is 5.72 Å². The van der Waals surface area contributed by atoms with Crippen molar-refractivity contribution in [1.29, 1.82) is 0 Å². The number of piperazine rings is 1. The van der Waals surface area contributed by atoms with Crippen LogP contribution in [-0.2, 0) is 20.7 Å². The van der Waals surface area contributed by atoms with Gasteiger partial charge in [-0.2, -0.15) is 0 Å². The van der Waals surface area contributed by atoms with Crippen LogP contribution in [0.2, 0.25) is 0 Å². The van der Waals surface area contributed by atoms with Crippen LogP contribution in [0.1, 0.15) is 25.3 Å². The summed E-state index contributed by atoms with van der Waals surface area (Å²) in [6.07, 6.45) is 1.67. The summed E-state index contributed by atoms with van der Waals surface area (Å²) in [5, 5.41) is 11.2. The van der Waals surface area contributed by atoms with Gasteiger partial charge < -0.3 is 14.7 Å². The van der Waals surface area contributed by atoms with E-state index in [1.54, 1.807) is 4.90 Å². The van der Waals surface area contributed by atoms with Gasteiger partial charge in [0.2, 0.25) is 5.91 Å². The van der Waals surface area contributed by atoms with Crippen LogP contribution in [-0.4, -0.2) is 57.0 Å². The predicted octanol–water partition coefficient (Wildman–Crippen LogP) is -0.218. The summed E-state index contributed by atoms with van der Waals surface area (Å²) in [6, 6.07) is 8.05. The molecule has 0 bridgehead atoms. The van der Waals surface area contributed by atoms with E-state index in [0.717, 1.165) is 12.0 Å². The number of rotatable bonds is 2. The van der Waals surface area contributed by atoms with Gasteiger partial charge in [0.25, 0.3) is 11.8 Å². The molecule has 0 spiro atoms. The Balaban J connectivity index is 1.77. The van der Waals surface area contributed by atoms with Gasteiger partial charge in [-0.1, -0.05) is 30.3 Å². The van der Waals surface area contributed by atoms with E-state index >= 15 is 0 Å². The summed E-state index contributed by atoms with van der Waals surface area (Å²) in [7, 11) is 0. The molecule has 1 unspecified atom stereocenters. The number of carbonyl (C=O) groups is 2. The number of fused-ring (bicyclic) bond motifs is 3. The molecule has 3 fully saturated rings. The largest absolute Gasteiger partial charge is 0.347 e. The Hall–Kier alpha value is -1.96. The van der Waals surface area contributed by atoms with Crippen LogP contribution in [0.5, 0.6) is 0 Å². The van der Waals surface area contributed by atoms with Crippen LogP contribution in [0, 0.1) is 0 Å². The first-order chi connectivity index (χ1) is 11.3. The smallest absolute Gasteiger partial charge is 0.275 e. The van der Waals surface area contributed by atoms with E-state index in [1.165, 1.54) is 11.8 Å². The highest BCUT2D eigenvalue weighted by Gasteiger charge is 2.68. The molecule has 0 aliphatic carbocycles. The number of nitrogens with zero attached hydrogens (tertiary/aromatic N) is 2. The van der Waals surface area contributed by atoms with Crippen LogP contribution in [0.3, 0.4) is 0 Å². The number of amides is 2. The third-order valence-electron chi connectivity index (χ3n) is 5.19. The average molecular weight is 331 g/mol. The Morgan fingerprint density at radius 1 is 1.33 bits per heavy atom. The number of hydrogen-bond donors (Lipinski definition) is 2. The molecule has 1 aromatic carbocycles. The first-order valence-corrected chi connectivity index (χ1v) is 8.24. The molecule has 3 aliphatic rings. The van der Waals surface area contributed by atoms with Gasteiger partial charge in [-0.05, 0) is 25.3 Å². The SMILES string of the molecule is CC1(N)O[C@@]2(O)[C@@H]3CCCN3C(=O)[C@H](Cc3ccccc3)N2C1=O. The van der Waals surface area contributed by atoms with Gasteiger partial charge in [0.05, 0.1) is 0 Å². The normalized spacial score (nSPS) is 38.5. The quantitative estimate of drug-likeness (QED) is 0.781. The Morgan fingerprint density at radius 3 is 2.75 bits per heavy atom. The van der Waals surface area contributed by atoms with E-state index in [1.807, 2.05) is 30.3 Å². The fourth-order valence-corrected chi connectivity index (χ4v) is 4.12. The van der Waals surface area contributed by atoms with E-state index in [4.69, 9.17) is 10.5 Å². The van der Waals surface area contributed by atoms with E-state index in [0.29, 0.717) is 19.4 Å². The number of ether oxygens (including phenoxy) is 1. The molecule has 2 amide bonds. The third-order valence-corrected chi connectivity index (χ3v) is 5.19. The van der Waals surface area contributed by atoms with Crippen molar-refractivity contribution < 1.29 is 19.4 Å². The molecule has 0 radical (unpaired) electrons. The third kappa shape index (κ3) is 2.02. The zero-order valence-electron chi connectivity index (χ0n) is 13.5. The van der Waals surface area contributed by atoms with Gasteiger partial charge in [0, 0.05) is 13.0 Å². The lowest BCUT2D eigenvalue weighted by molar-refractivity contribution is -0.312. The molecule has 3 saturated heterocycles. The monoisotopic (exact) mass is 331 g/mol. The molecule has 3 aliphatic heterocycles. The fourth-order valence-electron chi connectivity index (χ4n) is 4.12. The predicted molar refractivity (Wildman–Crippen MR) is 84.1 cm³/mol. The Labute approximate surface area is 140 Å². The van der Waals surface area contributed by atoms with Crippen molar-refractivity contribution in [3.8, 4) is 0 Å². The molecule has 4 rings (SSSR count). The van der Waals surface area contributed by atoms with Crippen molar-refractivity contribution in [2.75, 3.05) is 6.54 Å². The zero-order chi connectivity index (χ0) is 17.1. The molecule has 4 atom stereocenters. The van der Waals surface area contributed by atoms with Gasteiger partial charge in [-0.3, -0.25) is 20.2 Å². The molecule has 0 saturated carbocycles. The topological polar surface area (TPSA) is 96.1 Å². The number of aliphatic hydroxyl groups is 1. The molecule has 24 heavy (non-hydrogen) atoms. The van der Waals surface area contributed by atoms with Crippen LogP contribution in [0.4, 0.5) is 0 Å². The van der Waals surface area contributed by atoms with Crippen molar-refractivity contribution in [2.24, 2.45) is 5.73 Å². The summed E-state index contributed by atoms with van der Waals surface area (Å²) >= 11 is 0. The van der Waals surface area contributed by atoms with Crippen LogP contribution in [0.25, 0.3) is 0 Å². The first-order valence-electron chi connectivity index (χ1n) is 8.24. The fraction of sp³-hybridized carbons (Fsp3) is 0.529. The molecule has 3 N–H and O–H groups in total. The van der Waals surface area contributed by atoms with Gasteiger partial charge in [-0.15, -0.1) is 0 Å². The minimum atomic E-state index is -1.86. The Bertz CT molecular complexity index is 692. The molecule has 1 aromatic rings. The van der Waals surface area contributed by atoms with E-state index in [9.17, 15) is 14.7 Å². The molecule has 7 heteroatoms. The molecular weight excluding hydrogens is 310 g/mol. The maximum Gasteiger partial charge on any atom is 0.275 e. The highest BCUT2D eigenvalue weighted by Crippen LogP contribution is 2.44. The van der Waals surface area contributed by atoms with E-state index in [2.05, 4.69) is 0 Å². The lowest BCUT2D eigenvalue weighted by atomic mass is 9.96. The second-order valence-corrected chi connectivity index (χ2v) is 6.94. The second-order valence-electron chi connectivity index (χ2n) is 6.94. The van der Waals surface area contributed by atoms with Crippen molar-refractivity contribution >= 4 is 11.8 Å². The number of benzene rings is 1. The molecular formula is C17H21N3O4. The Morgan fingerprint density at radius 2 is 2.04 bits per heavy atom. The minimum Gasteiger partial charge on any atom is -0.347 e. The first kappa shape index (κ1) is 15.6. The number of hydrogen-bond acceptors (Lipinski definition) is 5. The van der Waals surface area contributed by atoms with Crippen molar-refractivity contribution in [3.05, 3.63) is 35.9 Å². The standard InChI is InChI=1S/C17H21N3O4/c1-16(18)15(22)20-12(10-11-6-3-2-4-7-11)14(21)19-9-5-8-13(19)17(20,23)24-16/h2-4,6-7,12-13,23H,5,8-10,18H2,1H3/t12-,13-,16?,17-/m0/s1. The lowest BCUT2D eigenvalue weighted by Crippen LogP contribution is -2.71. The number of nitrogens with two attached hydrogens (primary N) is 1. The maximum absolute atomic E-state index is 13.0. The number of carbonyl (C=O) groups excluding carboxylic acids is 2. The molecule has 7 nitrogen and oxygen atoms in total. The minimum absolute atomic E-state index is 0.152. The highest BCUT2D eigenvalue weighted by molar-refractivity contribution is 5.94. The van der Waals surface area contributed by atoms with Gasteiger partial charge in [0.1, 0.15) is 12.1 Å². The van der Waals surface area contributed by atoms with Crippen molar-refractivity contribution in [1.82, 2.24) is 9.80 Å². The summed E-state index contributed by atoms with van der Waals surface area (Å²) in [6.45, 7) is 1.98. The lowest BCUT2D eigenvalue weighted by Gasteiger charge is -2.48. The molecule has 3 heterocycles. The van der Waals surface area contributed by atoms with Crippen molar-refractivity contribution in [3.63, 3.8) is 0 Å². The summed E-state index contributed by atoms with van der Waals surface area (Å²) in [5.41, 5.74) is 5.22. The summed E-state index contributed by atoms with van der Waals surface area (Å²) < 4.78 is 5.60. The van der Waals surface area contributed by atoms with Crippen molar-refractivity contribution in [2.45, 2.75) is 49.9 Å². The molecule has 0 aromatic heterocycles. The van der Waals surface area contributed by atoms with Gasteiger partial charge in [-0.25, -0.2) is 0 Å². The summed E-state index contributed by atoms with van der Waals surface area (Å²) in [4.78, 5) is 28.5. The molecule has 128 valence electrons. The summed E-state index contributed by atoms with van der Waals surface area (Å²) in [5.74, 6) is -2.56. The van der Waals surface area contributed by atoms with Crippen LogP contribution in [0.15, 0.2) is 30.3 Å². The zero-order valence-corrected chi connectivity index (χ0v) is 13.5. The van der Waals surface area contributed by atoms with E-state index in [-0.39, 0.29) is 5.91 Å². The average Bonchev–Trinajstić information content (AvgIpc) is 3.09. The highest BCUT2D eigenvalue weighted by atomic mass is 16.7. The van der Waals surface area contributed by atoms with E-state index < -0.39 is 29.6 Å². The maximum atomic E-state index is 13.0. The van der Waals surface area contributed by atoms with Crippen LogP contribution < -0.4 is 5.73 Å². The Kier molecular flexibility index (Phi) is 3.25. The van der Waals surface area contributed by atoms with Gasteiger partial charge >= 0.3 is 0 Å². The second kappa shape index (κ2) is 5.02. The van der Waals surface area contributed by atoms with Crippen LogP contribution >= 0.6 is 0 Å².